The second-order valence-corrected chi connectivity index (χ2v) is 6.20. The third-order valence-electron chi connectivity index (χ3n) is 4.60. The maximum Gasteiger partial charge on any atom is 0.238 e. The van der Waals surface area contributed by atoms with Crippen molar-refractivity contribution in [2.75, 3.05) is 11.4 Å². The van der Waals surface area contributed by atoms with E-state index in [1.807, 2.05) is 45.0 Å². The van der Waals surface area contributed by atoms with Crippen LogP contribution in [0.5, 0.6) is 0 Å². The van der Waals surface area contributed by atoms with Gasteiger partial charge >= 0.3 is 0 Å². The normalized spacial score (nSPS) is 26.9. The Labute approximate surface area is 119 Å². The molecule has 4 nitrogen and oxygen atoms in total. The number of imide groups is 1. The summed E-state index contributed by atoms with van der Waals surface area (Å²) < 4.78 is 0. The third kappa shape index (κ3) is 1.71. The van der Waals surface area contributed by atoms with E-state index in [4.69, 9.17) is 0 Å². The van der Waals surface area contributed by atoms with Gasteiger partial charge in [-0.05, 0) is 23.6 Å². The standard InChI is InChI=1S/C16H20N2O2/c1-4-17-9-10-7-5-6-8-11(10)18-14(19)12-13(15(18)20)16(12,2)3/h5-8,12-13,17H,4,9H2,1-3H3. The van der Waals surface area contributed by atoms with Crippen LogP contribution in [0.25, 0.3) is 0 Å². The Morgan fingerprint density at radius 2 is 1.75 bits per heavy atom. The minimum Gasteiger partial charge on any atom is -0.313 e. The molecule has 2 fully saturated rings. The number of para-hydroxylation sites is 1. The van der Waals surface area contributed by atoms with Crippen LogP contribution in [0.1, 0.15) is 26.3 Å². The van der Waals surface area contributed by atoms with Crippen LogP contribution < -0.4 is 10.2 Å². The number of benzene rings is 1. The summed E-state index contributed by atoms with van der Waals surface area (Å²) in [5.41, 5.74) is 1.59. The highest BCUT2D eigenvalue weighted by molar-refractivity contribution is 6.26. The molecule has 1 heterocycles. The predicted octanol–water partition coefficient (Wildman–Crippen LogP) is 1.94. The Kier molecular flexibility index (Phi) is 2.94. The van der Waals surface area contributed by atoms with Crippen LogP contribution in [-0.4, -0.2) is 18.4 Å². The Hall–Kier alpha value is -1.68. The SMILES string of the molecule is CCNCc1ccccc1N1C(=O)C2C(C1=O)C2(C)C. The topological polar surface area (TPSA) is 49.4 Å². The Bertz CT molecular complexity index is 556. The van der Waals surface area contributed by atoms with Crippen molar-refractivity contribution < 1.29 is 9.59 Å². The highest BCUT2D eigenvalue weighted by Gasteiger charge is 2.72. The van der Waals surface area contributed by atoms with Gasteiger partial charge in [0.1, 0.15) is 0 Å². The van der Waals surface area contributed by atoms with Gasteiger partial charge < -0.3 is 5.32 Å². The number of nitrogens with one attached hydrogen (secondary N) is 1. The molecule has 1 aliphatic heterocycles. The van der Waals surface area contributed by atoms with Crippen LogP contribution >= 0.6 is 0 Å². The van der Waals surface area contributed by atoms with Gasteiger partial charge in [0.25, 0.3) is 0 Å². The lowest BCUT2D eigenvalue weighted by Crippen LogP contribution is -2.37. The number of rotatable bonds is 4. The fourth-order valence-corrected chi connectivity index (χ4v) is 3.32. The molecule has 1 aliphatic carbocycles. The van der Waals surface area contributed by atoms with Gasteiger partial charge in [-0.1, -0.05) is 39.0 Å². The molecule has 0 bridgehead atoms. The van der Waals surface area contributed by atoms with Gasteiger partial charge in [0.05, 0.1) is 17.5 Å². The summed E-state index contributed by atoms with van der Waals surface area (Å²) >= 11 is 0. The smallest absolute Gasteiger partial charge is 0.238 e. The molecule has 2 unspecified atom stereocenters. The number of amides is 2. The average Bonchev–Trinajstić information content (AvgIpc) is 2.88. The molecule has 20 heavy (non-hydrogen) atoms. The molecule has 2 aliphatic rings. The third-order valence-corrected chi connectivity index (χ3v) is 4.60. The van der Waals surface area contributed by atoms with E-state index in [1.54, 1.807) is 0 Å². The van der Waals surface area contributed by atoms with Gasteiger partial charge in [0.15, 0.2) is 0 Å². The minimum absolute atomic E-state index is 0.0334. The molecule has 3 rings (SSSR count). The zero-order chi connectivity index (χ0) is 14.5. The van der Waals surface area contributed by atoms with Crippen LogP contribution in [0.4, 0.5) is 5.69 Å². The summed E-state index contributed by atoms with van der Waals surface area (Å²) in [5.74, 6) is -0.313. The van der Waals surface area contributed by atoms with Gasteiger partial charge in [-0.25, -0.2) is 4.90 Å². The molecule has 1 saturated heterocycles. The molecule has 4 heteroatoms. The lowest BCUT2D eigenvalue weighted by Gasteiger charge is -2.23. The van der Waals surface area contributed by atoms with E-state index in [0.717, 1.165) is 17.8 Å². The molecule has 0 aromatic heterocycles. The molecule has 1 aromatic carbocycles. The van der Waals surface area contributed by atoms with Crippen LogP contribution in [0, 0.1) is 17.3 Å². The zero-order valence-electron chi connectivity index (χ0n) is 12.1. The lowest BCUT2D eigenvalue weighted by molar-refractivity contribution is -0.125. The van der Waals surface area contributed by atoms with Crippen molar-refractivity contribution in [1.29, 1.82) is 0 Å². The molecule has 2 atom stereocenters. The Morgan fingerprint density at radius 1 is 1.15 bits per heavy atom. The summed E-state index contributed by atoms with van der Waals surface area (Å²) in [7, 11) is 0. The van der Waals surface area contributed by atoms with Crippen molar-refractivity contribution in [2.45, 2.75) is 27.3 Å². The predicted molar refractivity (Wildman–Crippen MR) is 77.1 cm³/mol. The number of anilines is 1. The number of fused-ring (bicyclic) bond motifs is 1. The van der Waals surface area contributed by atoms with Gasteiger partial charge in [-0.15, -0.1) is 0 Å². The molecule has 0 radical (unpaired) electrons. The van der Waals surface area contributed by atoms with Crippen molar-refractivity contribution in [3.63, 3.8) is 0 Å². The average molecular weight is 272 g/mol. The van der Waals surface area contributed by atoms with Crippen LogP contribution in [0.15, 0.2) is 24.3 Å². The van der Waals surface area contributed by atoms with Gasteiger partial charge in [0, 0.05) is 6.54 Å². The first-order valence-electron chi connectivity index (χ1n) is 7.16. The molecule has 2 amide bonds. The Morgan fingerprint density at radius 3 is 2.35 bits per heavy atom. The van der Waals surface area contributed by atoms with Crippen molar-refractivity contribution in [2.24, 2.45) is 17.3 Å². The number of carbonyl (C=O) groups is 2. The highest BCUT2D eigenvalue weighted by atomic mass is 16.2. The molecule has 1 saturated carbocycles. The monoisotopic (exact) mass is 272 g/mol. The first-order valence-corrected chi connectivity index (χ1v) is 7.16. The zero-order valence-corrected chi connectivity index (χ0v) is 12.1. The van der Waals surface area contributed by atoms with E-state index in [0.29, 0.717) is 6.54 Å². The highest BCUT2D eigenvalue weighted by Crippen LogP contribution is 2.63. The van der Waals surface area contributed by atoms with E-state index in [-0.39, 0.29) is 29.1 Å². The maximum atomic E-state index is 12.5. The van der Waals surface area contributed by atoms with Crippen molar-refractivity contribution >= 4 is 17.5 Å². The van der Waals surface area contributed by atoms with Crippen LogP contribution in [0.2, 0.25) is 0 Å². The van der Waals surface area contributed by atoms with Crippen LogP contribution in [-0.2, 0) is 16.1 Å². The van der Waals surface area contributed by atoms with Crippen molar-refractivity contribution in [1.82, 2.24) is 5.32 Å². The van der Waals surface area contributed by atoms with E-state index < -0.39 is 0 Å². The molecule has 106 valence electrons. The van der Waals surface area contributed by atoms with Gasteiger partial charge in [-0.3, -0.25) is 9.59 Å². The number of nitrogens with zero attached hydrogens (tertiary/aromatic N) is 1. The lowest BCUT2D eigenvalue weighted by atomic mass is 10.0. The summed E-state index contributed by atoms with van der Waals surface area (Å²) in [4.78, 5) is 26.4. The number of hydrogen-bond donors (Lipinski definition) is 1. The molecule has 1 N–H and O–H groups in total. The summed E-state index contributed by atoms with van der Waals surface area (Å²) in [6, 6.07) is 7.64. The minimum atomic E-state index is -0.152. The first-order chi connectivity index (χ1) is 9.50. The second-order valence-electron chi connectivity index (χ2n) is 6.20. The fourth-order valence-electron chi connectivity index (χ4n) is 3.32. The molecule has 0 spiro atoms. The summed E-state index contributed by atoms with van der Waals surface area (Å²) in [5, 5.41) is 3.25. The summed E-state index contributed by atoms with van der Waals surface area (Å²) in [6.07, 6.45) is 0. The molecular weight excluding hydrogens is 252 g/mol. The van der Waals surface area contributed by atoms with E-state index in [2.05, 4.69) is 5.32 Å². The van der Waals surface area contributed by atoms with E-state index in [1.165, 1.54) is 4.90 Å². The quantitative estimate of drug-likeness (QED) is 0.852. The number of piperidine rings is 1. The molecular formula is C16H20N2O2. The Balaban J connectivity index is 1.92. The van der Waals surface area contributed by atoms with E-state index >= 15 is 0 Å². The second kappa shape index (κ2) is 4.42. The van der Waals surface area contributed by atoms with Crippen LogP contribution in [0.3, 0.4) is 0 Å². The first kappa shape index (κ1) is 13.3. The number of carbonyl (C=O) groups excluding carboxylic acids is 2. The maximum absolute atomic E-state index is 12.5. The van der Waals surface area contributed by atoms with Crippen molar-refractivity contribution in [3.05, 3.63) is 29.8 Å². The number of hydrogen-bond acceptors (Lipinski definition) is 3. The fraction of sp³-hybridized carbons (Fsp3) is 0.500. The summed E-state index contributed by atoms with van der Waals surface area (Å²) in [6.45, 7) is 7.56. The van der Waals surface area contributed by atoms with Gasteiger partial charge in [0.2, 0.25) is 11.8 Å². The molecule has 1 aromatic rings. The van der Waals surface area contributed by atoms with Crippen molar-refractivity contribution in [3.8, 4) is 0 Å². The van der Waals surface area contributed by atoms with Gasteiger partial charge in [-0.2, -0.15) is 0 Å². The largest absolute Gasteiger partial charge is 0.313 e. The van der Waals surface area contributed by atoms with E-state index in [9.17, 15) is 9.59 Å².